The molecule has 0 radical (unpaired) electrons. The van der Waals surface area contributed by atoms with Crippen LogP contribution in [0.4, 0.5) is 0 Å². The molecule has 1 amide bonds. The standard InChI is InChI=1S/C11H17N5O4/c1-2-7(17)20-4-3-19-6-16-5-13-8-9(16)14-11(12)15-10(8)18/h5,8-9H,2-4,6H2,1H3,(H3,12,14,15,18). The first-order chi connectivity index (χ1) is 9.61. The number of nitrogens with zero attached hydrogens (tertiary/aromatic N) is 3. The number of nitrogens with two attached hydrogens (primary N) is 1. The van der Waals surface area contributed by atoms with Crippen LogP contribution in [0.25, 0.3) is 0 Å². The summed E-state index contributed by atoms with van der Waals surface area (Å²) >= 11 is 0. The van der Waals surface area contributed by atoms with Crippen molar-refractivity contribution in [3.63, 3.8) is 0 Å². The van der Waals surface area contributed by atoms with Crippen LogP contribution in [0.15, 0.2) is 9.98 Å². The average Bonchev–Trinajstić information content (AvgIpc) is 2.81. The Bertz CT molecular complexity index is 450. The fourth-order valence-corrected chi connectivity index (χ4v) is 1.80. The Morgan fingerprint density at radius 3 is 3.10 bits per heavy atom. The Kier molecular flexibility index (Phi) is 4.51. The van der Waals surface area contributed by atoms with E-state index < -0.39 is 12.2 Å². The van der Waals surface area contributed by atoms with Gasteiger partial charge in [-0.3, -0.25) is 19.9 Å². The molecular weight excluding hydrogens is 266 g/mol. The third kappa shape index (κ3) is 3.23. The number of hydrogen-bond donors (Lipinski definition) is 2. The van der Waals surface area contributed by atoms with E-state index in [-0.39, 0.29) is 37.8 Å². The quantitative estimate of drug-likeness (QED) is 0.447. The van der Waals surface area contributed by atoms with Crippen LogP contribution in [0.5, 0.6) is 0 Å². The van der Waals surface area contributed by atoms with Crippen LogP contribution in [0.2, 0.25) is 0 Å². The second kappa shape index (κ2) is 6.33. The maximum atomic E-state index is 11.6. The highest BCUT2D eigenvalue weighted by atomic mass is 16.6. The van der Waals surface area contributed by atoms with Crippen LogP contribution < -0.4 is 11.1 Å². The summed E-state index contributed by atoms with van der Waals surface area (Å²) in [6, 6.07) is -0.594. The van der Waals surface area contributed by atoms with Gasteiger partial charge < -0.3 is 20.1 Å². The zero-order valence-corrected chi connectivity index (χ0v) is 11.1. The molecule has 2 aliphatic rings. The second-order valence-electron chi connectivity index (χ2n) is 4.25. The van der Waals surface area contributed by atoms with Gasteiger partial charge in [-0.1, -0.05) is 6.92 Å². The van der Waals surface area contributed by atoms with Gasteiger partial charge in [0.2, 0.25) is 0 Å². The van der Waals surface area contributed by atoms with Gasteiger partial charge in [0.1, 0.15) is 13.3 Å². The molecule has 0 spiro atoms. The monoisotopic (exact) mass is 283 g/mol. The van der Waals surface area contributed by atoms with Crippen LogP contribution in [-0.4, -0.2) is 61.2 Å². The van der Waals surface area contributed by atoms with E-state index in [0.717, 1.165) is 0 Å². The summed E-state index contributed by atoms with van der Waals surface area (Å²) < 4.78 is 10.2. The van der Waals surface area contributed by atoms with Gasteiger partial charge in [-0.2, -0.15) is 0 Å². The second-order valence-corrected chi connectivity index (χ2v) is 4.25. The van der Waals surface area contributed by atoms with E-state index in [1.165, 1.54) is 6.34 Å². The van der Waals surface area contributed by atoms with Gasteiger partial charge in [0, 0.05) is 6.42 Å². The smallest absolute Gasteiger partial charge is 0.305 e. The summed E-state index contributed by atoms with van der Waals surface area (Å²) in [5.74, 6) is -0.473. The normalized spacial score (nSPS) is 24.1. The predicted octanol–water partition coefficient (Wildman–Crippen LogP) is -1.60. The molecule has 0 saturated heterocycles. The molecule has 2 unspecified atom stereocenters. The molecule has 2 heterocycles. The van der Waals surface area contributed by atoms with Gasteiger partial charge in [-0.05, 0) is 0 Å². The number of carbonyl (C=O) groups is 2. The molecule has 110 valence electrons. The van der Waals surface area contributed by atoms with Crippen molar-refractivity contribution < 1.29 is 19.1 Å². The number of guanidine groups is 1. The molecule has 20 heavy (non-hydrogen) atoms. The van der Waals surface area contributed by atoms with E-state index >= 15 is 0 Å². The third-order valence-electron chi connectivity index (χ3n) is 2.81. The molecule has 0 bridgehead atoms. The largest absolute Gasteiger partial charge is 0.463 e. The first kappa shape index (κ1) is 14.3. The van der Waals surface area contributed by atoms with Crippen molar-refractivity contribution >= 4 is 24.2 Å². The van der Waals surface area contributed by atoms with Crippen molar-refractivity contribution in [2.24, 2.45) is 15.7 Å². The maximum absolute atomic E-state index is 11.6. The van der Waals surface area contributed by atoms with Gasteiger partial charge >= 0.3 is 5.97 Å². The molecule has 2 rings (SSSR count). The number of carbonyl (C=O) groups excluding carboxylic acids is 2. The summed E-state index contributed by atoms with van der Waals surface area (Å²) in [6.07, 6.45) is 1.38. The molecule has 0 aromatic heterocycles. The van der Waals surface area contributed by atoms with Gasteiger partial charge in [0.05, 0.1) is 12.9 Å². The first-order valence-corrected chi connectivity index (χ1v) is 6.28. The minimum atomic E-state index is -0.594. The Morgan fingerprint density at radius 1 is 1.55 bits per heavy atom. The van der Waals surface area contributed by atoms with Crippen LogP contribution in [-0.2, 0) is 19.1 Å². The van der Waals surface area contributed by atoms with Gasteiger partial charge in [-0.15, -0.1) is 0 Å². The maximum Gasteiger partial charge on any atom is 0.305 e. The van der Waals surface area contributed by atoms with Crippen molar-refractivity contribution in [2.75, 3.05) is 19.9 Å². The number of fused-ring (bicyclic) bond motifs is 1. The zero-order valence-electron chi connectivity index (χ0n) is 11.1. The summed E-state index contributed by atoms with van der Waals surface area (Å²) in [4.78, 5) is 32.3. The molecule has 0 fully saturated rings. The molecular formula is C11H17N5O4. The minimum Gasteiger partial charge on any atom is -0.463 e. The fraction of sp³-hybridized carbons (Fsp3) is 0.636. The highest BCUT2D eigenvalue weighted by Crippen LogP contribution is 2.17. The van der Waals surface area contributed by atoms with E-state index in [4.69, 9.17) is 15.2 Å². The average molecular weight is 283 g/mol. The van der Waals surface area contributed by atoms with Crippen LogP contribution in [0, 0.1) is 0 Å². The van der Waals surface area contributed by atoms with E-state index in [1.54, 1.807) is 11.8 Å². The molecule has 3 N–H and O–H groups in total. The van der Waals surface area contributed by atoms with E-state index in [1.807, 2.05) is 0 Å². The SMILES string of the molecule is CCC(=O)OCCOCN1C=NC2C(=O)NC(N)=NC21. The highest BCUT2D eigenvalue weighted by Gasteiger charge is 2.39. The fourth-order valence-electron chi connectivity index (χ4n) is 1.80. The molecule has 2 atom stereocenters. The summed E-state index contributed by atoms with van der Waals surface area (Å²) in [7, 11) is 0. The predicted molar refractivity (Wildman–Crippen MR) is 69.7 cm³/mol. The molecule has 0 aromatic rings. The number of ether oxygens (including phenoxy) is 2. The van der Waals surface area contributed by atoms with Crippen molar-refractivity contribution in [3.8, 4) is 0 Å². The van der Waals surface area contributed by atoms with Crippen LogP contribution >= 0.6 is 0 Å². The number of amides is 1. The lowest BCUT2D eigenvalue weighted by atomic mass is 10.2. The van der Waals surface area contributed by atoms with Gasteiger partial charge in [0.15, 0.2) is 18.2 Å². The zero-order chi connectivity index (χ0) is 14.5. The molecule has 0 saturated carbocycles. The van der Waals surface area contributed by atoms with E-state index in [0.29, 0.717) is 6.42 Å². The Hall–Kier alpha value is -2.16. The Balaban J connectivity index is 1.74. The molecule has 9 heteroatoms. The number of nitrogens with one attached hydrogen (secondary N) is 1. The number of aliphatic imine (C=N–C) groups is 2. The third-order valence-corrected chi connectivity index (χ3v) is 2.81. The van der Waals surface area contributed by atoms with Crippen molar-refractivity contribution in [2.45, 2.75) is 25.6 Å². The molecule has 0 aromatic carbocycles. The van der Waals surface area contributed by atoms with Gasteiger partial charge in [0.25, 0.3) is 5.91 Å². The Labute approximate surface area is 115 Å². The number of esters is 1. The topological polar surface area (TPSA) is 119 Å². The lowest BCUT2D eigenvalue weighted by Gasteiger charge is -2.27. The van der Waals surface area contributed by atoms with E-state index in [2.05, 4.69) is 15.3 Å². The summed E-state index contributed by atoms with van der Waals surface area (Å²) in [5.41, 5.74) is 5.51. The lowest BCUT2D eigenvalue weighted by Crippen LogP contribution is -2.54. The lowest BCUT2D eigenvalue weighted by molar-refractivity contribution is -0.145. The van der Waals surface area contributed by atoms with Crippen molar-refractivity contribution in [3.05, 3.63) is 0 Å². The minimum absolute atomic E-state index is 0.0728. The van der Waals surface area contributed by atoms with Crippen LogP contribution in [0.1, 0.15) is 13.3 Å². The number of rotatable bonds is 6. The molecule has 9 nitrogen and oxygen atoms in total. The van der Waals surface area contributed by atoms with Crippen molar-refractivity contribution in [1.29, 1.82) is 0 Å². The summed E-state index contributed by atoms with van der Waals surface area (Å²) in [5, 5.41) is 2.42. The highest BCUT2D eigenvalue weighted by molar-refractivity contribution is 6.02. The van der Waals surface area contributed by atoms with Crippen LogP contribution in [0.3, 0.4) is 0 Å². The Morgan fingerprint density at radius 2 is 2.35 bits per heavy atom. The molecule has 0 aliphatic carbocycles. The first-order valence-electron chi connectivity index (χ1n) is 6.28. The molecule has 2 aliphatic heterocycles. The number of hydrogen-bond acceptors (Lipinski definition) is 8. The van der Waals surface area contributed by atoms with E-state index in [9.17, 15) is 9.59 Å². The van der Waals surface area contributed by atoms with Gasteiger partial charge in [-0.25, -0.2) is 4.99 Å². The summed E-state index contributed by atoms with van der Waals surface area (Å²) in [6.45, 7) is 2.37. The van der Waals surface area contributed by atoms with Crippen molar-refractivity contribution in [1.82, 2.24) is 10.2 Å².